The predicted molar refractivity (Wildman–Crippen MR) is 121 cm³/mol. The molecule has 4 rings (SSSR count). The Labute approximate surface area is 175 Å². The van der Waals surface area contributed by atoms with Crippen LogP contribution in [0.25, 0.3) is 22.3 Å². The van der Waals surface area contributed by atoms with Crippen LogP contribution in [0.4, 0.5) is 0 Å². The van der Waals surface area contributed by atoms with E-state index in [0.717, 1.165) is 9.50 Å². The fraction of sp³-hybridized carbons (Fsp3) is 0.280. The van der Waals surface area contributed by atoms with Crippen molar-refractivity contribution < 1.29 is 0 Å². The minimum Gasteiger partial charge on any atom is -0.0843 e. The Morgan fingerprint density at radius 1 is 0.852 bits per heavy atom. The maximum absolute atomic E-state index is 6.34. The van der Waals surface area contributed by atoms with Gasteiger partial charge >= 0.3 is 0 Å². The van der Waals surface area contributed by atoms with E-state index in [0.29, 0.717) is 0 Å². The van der Waals surface area contributed by atoms with E-state index in [1.165, 1.54) is 38.9 Å². The summed E-state index contributed by atoms with van der Waals surface area (Å²) in [4.78, 5) is 0. The van der Waals surface area contributed by atoms with Gasteiger partial charge in [-0.15, -0.1) is 0 Å². The summed E-state index contributed by atoms with van der Waals surface area (Å²) in [7, 11) is 0. The Morgan fingerprint density at radius 3 is 2.11 bits per heavy atom. The van der Waals surface area contributed by atoms with Crippen molar-refractivity contribution in [3.8, 4) is 22.3 Å². The number of halogens is 2. The van der Waals surface area contributed by atoms with Crippen LogP contribution in [0, 0.1) is 0 Å². The molecule has 0 N–H and O–H groups in total. The molecule has 0 saturated carbocycles. The molecular weight excluding hydrogens is 416 g/mol. The Hall–Kier alpha value is -1.57. The van der Waals surface area contributed by atoms with Crippen LogP contribution in [0.2, 0.25) is 5.02 Å². The lowest BCUT2D eigenvalue weighted by molar-refractivity contribution is 0.590. The van der Waals surface area contributed by atoms with Gasteiger partial charge in [-0.25, -0.2) is 0 Å². The lowest BCUT2D eigenvalue weighted by atomic mass is 9.78. The van der Waals surface area contributed by atoms with Crippen LogP contribution >= 0.6 is 27.5 Å². The molecular formula is C25H24BrCl. The first-order chi connectivity index (χ1) is 12.6. The van der Waals surface area contributed by atoms with Crippen molar-refractivity contribution in [2.75, 3.05) is 0 Å². The zero-order chi connectivity index (χ0) is 19.6. The molecule has 0 aliphatic heterocycles. The summed E-state index contributed by atoms with van der Waals surface area (Å²) >= 11 is 10.1. The van der Waals surface area contributed by atoms with Crippen molar-refractivity contribution >= 4 is 27.5 Å². The average Bonchev–Trinajstić information content (AvgIpc) is 2.83. The van der Waals surface area contributed by atoms with E-state index < -0.39 is 0 Å². The number of fused-ring (bicyclic) bond motifs is 3. The van der Waals surface area contributed by atoms with Gasteiger partial charge in [0.05, 0.1) is 0 Å². The van der Waals surface area contributed by atoms with Crippen molar-refractivity contribution in [1.29, 1.82) is 0 Å². The van der Waals surface area contributed by atoms with Crippen molar-refractivity contribution in [3.63, 3.8) is 0 Å². The molecule has 0 nitrogen and oxygen atoms in total. The van der Waals surface area contributed by atoms with Crippen LogP contribution in [0.15, 0.2) is 59.1 Å². The topological polar surface area (TPSA) is 0 Å². The maximum atomic E-state index is 6.34. The molecule has 2 heteroatoms. The molecule has 1 aliphatic carbocycles. The van der Waals surface area contributed by atoms with Gasteiger partial charge in [-0.3, -0.25) is 0 Å². The van der Waals surface area contributed by atoms with E-state index in [1.807, 2.05) is 6.07 Å². The monoisotopic (exact) mass is 438 g/mol. The first-order valence-corrected chi connectivity index (χ1v) is 10.5. The van der Waals surface area contributed by atoms with E-state index in [1.54, 1.807) is 0 Å². The minimum absolute atomic E-state index is 0.0998. The second-order valence-corrected chi connectivity index (χ2v) is 10.3. The summed E-state index contributed by atoms with van der Waals surface area (Å²) < 4.78 is 1.14. The minimum atomic E-state index is -0.0998. The summed E-state index contributed by atoms with van der Waals surface area (Å²) in [6.07, 6.45) is 0. The summed E-state index contributed by atoms with van der Waals surface area (Å²) in [6, 6.07) is 19.7. The van der Waals surface area contributed by atoms with Crippen LogP contribution in [-0.4, -0.2) is 0 Å². The van der Waals surface area contributed by atoms with E-state index in [9.17, 15) is 0 Å². The van der Waals surface area contributed by atoms with Gasteiger partial charge in [0.2, 0.25) is 0 Å². The number of hydrogen-bond donors (Lipinski definition) is 0. The van der Waals surface area contributed by atoms with E-state index >= 15 is 0 Å². The maximum Gasteiger partial charge on any atom is 0.0409 e. The van der Waals surface area contributed by atoms with Gasteiger partial charge in [0, 0.05) is 20.5 Å². The van der Waals surface area contributed by atoms with Crippen LogP contribution in [0.1, 0.15) is 51.3 Å². The van der Waals surface area contributed by atoms with Gasteiger partial charge in [-0.2, -0.15) is 0 Å². The Bertz CT molecular complexity index is 1040. The first kappa shape index (κ1) is 18.8. The van der Waals surface area contributed by atoms with E-state index in [4.69, 9.17) is 11.6 Å². The highest BCUT2D eigenvalue weighted by molar-refractivity contribution is 9.10. The highest BCUT2D eigenvalue weighted by Crippen LogP contribution is 2.55. The molecule has 0 saturated heterocycles. The van der Waals surface area contributed by atoms with Gasteiger partial charge < -0.3 is 0 Å². The highest BCUT2D eigenvalue weighted by Gasteiger charge is 2.39. The lowest BCUT2D eigenvalue weighted by Gasteiger charge is -2.25. The zero-order valence-corrected chi connectivity index (χ0v) is 18.8. The van der Waals surface area contributed by atoms with Crippen LogP contribution in [-0.2, 0) is 10.8 Å². The Kier molecular flexibility index (Phi) is 4.33. The Morgan fingerprint density at radius 2 is 1.48 bits per heavy atom. The molecule has 0 heterocycles. The first-order valence-electron chi connectivity index (χ1n) is 9.35. The molecule has 0 spiro atoms. The predicted octanol–water partition coefficient (Wildman–Crippen LogP) is 8.37. The highest BCUT2D eigenvalue weighted by atomic mass is 79.9. The van der Waals surface area contributed by atoms with Gasteiger partial charge in [0.25, 0.3) is 0 Å². The smallest absolute Gasteiger partial charge is 0.0409 e. The van der Waals surface area contributed by atoms with Crippen molar-refractivity contribution in [2.24, 2.45) is 0 Å². The van der Waals surface area contributed by atoms with Gasteiger partial charge in [0.1, 0.15) is 0 Å². The number of rotatable bonds is 1. The SMILES string of the molecule is CC(C)(C)c1ccc(-c2ccc(Br)c3c2C(C)(C)c2cc(Cl)ccc2-3)cc1. The van der Waals surface area contributed by atoms with Crippen LogP contribution in [0.3, 0.4) is 0 Å². The molecule has 0 aromatic heterocycles. The second-order valence-electron chi connectivity index (χ2n) is 8.99. The summed E-state index contributed by atoms with van der Waals surface area (Å²) in [5.74, 6) is 0. The molecule has 0 amide bonds. The molecule has 0 unspecified atom stereocenters. The van der Waals surface area contributed by atoms with Crippen LogP contribution in [0.5, 0.6) is 0 Å². The fourth-order valence-corrected chi connectivity index (χ4v) is 4.98. The number of benzene rings is 3. The standard InChI is InChI=1S/C25H24BrCl/c1-24(2,3)16-8-6-15(7-9-16)18-12-13-21(26)22-19-11-10-17(27)14-20(19)25(4,5)23(18)22/h6-14H,1-5H3. The van der Waals surface area contributed by atoms with Gasteiger partial charge in [-0.1, -0.05) is 98.5 Å². The third-order valence-electron chi connectivity index (χ3n) is 5.77. The van der Waals surface area contributed by atoms with Crippen molar-refractivity contribution in [3.05, 3.63) is 80.8 Å². The molecule has 27 heavy (non-hydrogen) atoms. The van der Waals surface area contributed by atoms with Crippen molar-refractivity contribution in [1.82, 2.24) is 0 Å². The summed E-state index contributed by atoms with van der Waals surface area (Å²) in [5.41, 5.74) is 9.22. The molecule has 0 bridgehead atoms. The van der Waals surface area contributed by atoms with Crippen molar-refractivity contribution in [2.45, 2.75) is 45.4 Å². The van der Waals surface area contributed by atoms with Gasteiger partial charge in [-0.05, 0) is 57.0 Å². The quantitative estimate of drug-likeness (QED) is 0.357. The molecule has 3 aromatic carbocycles. The molecule has 0 radical (unpaired) electrons. The third kappa shape index (κ3) is 2.96. The second kappa shape index (κ2) is 6.22. The van der Waals surface area contributed by atoms with Gasteiger partial charge in [0.15, 0.2) is 0 Å². The van der Waals surface area contributed by atoms with Crippen LogP contribution < -0.4 is 0 Å². The third-order valence-corrected chi connectivity index (χ3v) is 6.66. The average molecular weight is 440 g/mol. The largest absolute Gasteiger partial charge is 0.0843 e. The van der Waals surface area contributed by atoms with E-state index in [-0.39, 0.29) is 10.8 Å². The summed E-state index contributed by atoms with van der Waals surface area (Å²) in [5, 5.41) is 0.793. The zero-order valence-electron chi connectivity index (χ0n) is 16.5. The number of hydrogen-bond acceptors (Lipinski definition) is 0. The molecule has 138 valence electrons. The molecule has 1 aliphatic rings. The fourth-order valence-electron chi connectivity index (χ4n) is 4.27. The Balaban J connectivity index is 1.95. The molecule has 0 atom stereocenters. The normalized spacial score (nSPS) is 14.8. The lowest BCUT2D eigenvalue weighted by Crippen LogP contribution is -2.16. The molecule has 3 aromatic rings. The summed E-state index contributed by atoms with van der Waals surface area (Å²) in [6.45, 7) is 11.4. The van der Waals surface area contributed by atoms with E-state index in [2.05, 4.69) is 99.1 Å². The molecule has 0 fully saturated rings.